The summed E-state index contributed by atoms with van der Waals surface area (Å²) in [4.78, 5) is 11.3. The molecule has 1 aliphatic carbocycles. The topological polar surface area (TPSA) is 68.7 Å². The molecule has 2 fully saturated rings. The lowest BCUT2D eigenvalue weighted by Gasteiger charge is -2.43. The summed E-state index contributed by atoms with van der Waals surface area (Å²) in [6, 6.07) is 0.671. The van der Waals surface area contributed by atoms with E-state index in [9.17, 15) is 0 Å². The van der Waals surface area contributed by atoms with Crippen LogP contribution in [0.15, 0.2) is 17.0 Å². The van der Waals surface area contributed by atoms with Gasteiger partial charge in [-0.05, 0) is 28.8 Å². The number of imidazole rings is 1. The minimum Gasteiger partial charge on any atom is -0.382 e. The molecular formula is C14H18BrN5O. The highest BCUT2D eigenvalue weighted by molar-refractivity contribution is 9.10. The van der Waals surface area contributed by atoms with Gasteiger partial charge in [0.25, 0.3) is 0 Å². The van der Waals surface area contributed by atoms with E-state index >= 15 is 0 Å². The van der Waals surface area contributed by atoms with Gasteiger partial charge in [0.05, 0.1) is 13.2 Å². The molecule has 21 heavy (non-hydrogen) atoms. The zero-order valence-electron chi connectivity index (χ0n) is 11.7. The quantitative estimate of drug-likeness (QED) is 0.890. The van der Waals surface area contributed by atoms with Crippen molar-refractivity contribution in [1.82, 2.24) is 19.3 Å². The fraction of sp³-hybridized carbons (Fsp3) is 0.571. The number of aromatic nitrogens is 3. The number of anilines is 1. The van der Waals surface area contributed by atoms with Gasteiger partial charge in [-0.15, -0.1) is 0 Å². The molecule has 0 unspecified atom stereocenters. The number of morpholine rings is 1. The summed E-state index contributed by atoms with van der Waals surface area (Å²) < 4.78 is 8.28. The van der Waals surface area contributed by atoms with E-state index in [1.165, 1.54) is 0 Å². The van der Waals surface area contributed by atoms with Crippen LogP contribution in [0.3, 0.4) is 0 Å². The third-order valence-corrected chi connectivity index (χ3v) is 5.16. The van der Waals surface area contributed by atoms with E-state index in [-0.39, 0.29) is 0 Å². The minimum atomic E-state index is 0.499. The van der Waals surface area contributed by atoms with Crippen LogP contribution in [0.5, 0.6) is 0 Å². The Labute approximate surface area is 131 Å². The van der Waals surface area contributed by atoms with Gasteiger partial charge in [0, 0.05) is 37.4 Å². The fourth-order valence-electron chi connectivity index (χ4n) is 3.37. The first-order valence-electron chi connectivity index (χ1n) is 7.34. The molecule has 3 heterocycles. The Morgan fingerprint density at radius 1 is 1.29 bits per heavy atom. The molecule has 4 rings (SSSR count). The number of nitrogens with zero attached hydrogens (tertiary/aromatic N) is 4. The van der Waals surface area contributed by atoms with Gasteiger partial charge in [-0.3, -0.25) is 9.30 Å². The standard InChI is InChI=1S/C14H18BrN5O/c15-12-11-13(16)17-1-2-20(11)14(18-12)9-7-10(8-9)19-3-5-21-6-4-19/h1-2,9-10H,3-8H2,(H2,16,17). The molecule has 2 aliphatic rings. The molecule has 0 amide bonds. The molecule has 1 aliphatic heterocycles. The van der Waals surface area contributed by atoms with E-state index in [0.717, 1.165) is 55.1 Å². The van der Waals surface area contributed by atoms with Gasteiger partial charge < -0.3 is 10.5 Å². The normalized spacial score (nSPS) is 26.9. The van der Waals surface area contributed by atoms with Gasteiger partial charge in [-0.2, -0.15) is 0 Å². The number of ether oxygens (including phenoxy) is 1. The van der Waals surface area contributed by atoms with Crippen molar-refractivity contribution < 1.29 is 4.74 Å². The number of rotatable bonds is 2. The second-order valence-corrected chi connectivity index (χ2v) is 6.51. The van der Waals surface area contributed by atoms with Crippen LogP contribution in [-0.4, -0.2) is 51.6 Å². The Bertz CT molecular complexity index is 661. The van der Waals surface area contributed by atoms with E-state index in [1.54, 1.807) is 6.20 Å². The Morgan fingerprint density at radius 3 is 2.81 bits per heavy atom. The average Bonchev–Trinajstić information content (AvgIpc) is 2.77. The van der Waals surface area contributed by atoms with Gasteiger partial charge in [0.15, 0.2) is 5.82 Å². The molecule has 112 valence electrons. The second-order valence-electron chi connectivity index (χ2n) is 5.76. The number of nitrogen functional groups attached to an aromatic ring is 1. The zero-order chi connectivity index (χ0) is 14.4. The predicted molar refractivity (Wildman–Crippen MR) is 83.3 cm³/mol. The summed E-state index contributed by atoms with van der Waals surface area (Å²) in [7, 11) is 0. The fourth-order valence-corrected chi connectivity index (χ4v) is 3.95. The molecular weight excluding hydrogens is 334 g/mol. The molecule has 0 radical (unpaired) electrons. The van der Waals surface area contributed by atoms with Crippen LogP contribution in [0.1, 0.15) is 24.6 Å². The van der Waals surface area contributed by atoms with Gasteiger partial charge in [-0.25, -0.2) is 9.97 Å². The van der Waals surface area contributed by atoms with Gasteiger partial charge in [-0.1, -0.05) is 0 Å². The lowest BCUT2D eigenvalue weighted by atomic mass is 9.78. The molecule has 0 bridgehead atoms. The minimum absolute atomic E-state index is 0.499. The summed E-state index contributed by atoms with van der Waals surface area (Å²) in [6.07, 6.45) is 6.00. The van der Waals surface area contributed by atoms with E-state index in [1.807, 2.05) is 6.20 Å². The maximum Gasteiger partial charge on any atom is 0.150 e. The van der Waals surface area contributed by atoms with Gasteiger partial charge >= 0.3 is 0 Å². The van der Waals surface area contributed by atoms with E-state index < -0.39 is 0 Å². The summed E-state index contributed by atoms with van der Waals surface area (Å²) in [5.41, 5.74) is 6.83. The molecule has 2 aromatic rings. The SMILES string of the molecule is Nc1nccn2c(C3CC(N4CCOCC4)C3)nc(Br)c12. The predicted octanol–water partition coefficient (Wildman–Crippen LogP) is 1.65. The summed E-state index contributed by atoms with van der Waals surface area (Å²) in [6.45, 7) is 3.84. The Morgan fingerprint density at radius 2 is 2.05 bits per heavy atom. The van der Waals surface area contributed by atoms with Crippen LogP contribution in [0.4, 0.5) is 5.82 Å². The van der Waals surface area contributed by atoms with Crippen molar-refractivity contribution >= 4 is 27.3 Å². The summed E-state index contributed by atoms with van der Waals surface area (Å²) >= 11 is 3.50. The van der Waals surface area contributed by atoms with Crippen molar-refractivity contribution in [2.75, 3.05) is 32.0 Å². The lowest BCUT2D eigenvalue weighted by molar-refractivity contribution is -0.00779. The van der Waals surface area contributed by atoms with Crippen molar-refractivity contribution in [1.29, 1.82) is 0 Å². The lowest BCUT2D eigenvalue weighted by Crippen LogP contribution is -2.49. The van der Waals surface area contributed by atoms with Crippen molar-refractivity contribution in [3.63, 3.8) is 0 Å². The highest BCUT2D eigenvalue weighted by atomic mass is 79.9. The molecule has 2 N–H and O–H groups in total. The van der Waals surface area contributed by atoms with Crippen molar-refractivity contribution in [3.8, 4) is 0 Å². The first kappa shape index (κ1) is 13.5. The second kappa shape index (κ2) is 5.23. The first-order chi connectivity index (χ1) is 10.2. The van der Waals surface area contributed by atoms with E-state index in [0.29, 0.717) is 17.8 Å². The van der Waals surface area contributed by atoms with E-state index in [2.05, 4.69) is 35.2 Å². The Balaban J connectivity index is 1.55. The third-order valence-electron chi connectivity index (χ3n) is 4.61. The van der Waals surface area contributed by atoms with E-state index in [4.69, 9.17) is 10.5 Å². The summed E-state index contributed by atoms with van der Waals surface area (Å²) in [5, 5.41) is 0. The first-order valence-corrected chi connectivity index (χ1v) is 8.13. The van der Waals surface area contributed by atoms with Crippen molar-refractivity contribution in [3.05, 3.63) is 22.8 Å². The van der Waals surface area contributed by atoms with Crippen LogP contribution in [-0.2, 0) is 4.74 Å². The van der Waals surface area contributed by atoms with Crippen LogP contribution in [0.2, 0.25) is 0 Å². The average molecular weight is 352 g/mol. The van der Waals surface area contributed by atoms with Crippen LogP contribution >= 0.6 is 15.9 Å². The van der Waals surface area contributed by atoms with Crippen molar-refractivity contribution in [2.45, 2.75) is 24.8 Å². The molecule has 0 aromatic carbocycles. The summed E-state index contributed by atoms with van der Waals surface area (Å²) in [5.74, 6) is 2.11. The number of hydrogen-bond acceptors (Lipinski definition) is 5. The smallest absolute Gasteiger partial charge is 0.150 e. The molecule has 7 heteroatoms. The molecule has 0 spiro atoms. The number of nitrogens with two attached hydrogens (primary N) is 1. The molecule has 1 saturated heterocycles. The van der Waals surface area contributed by atoms with Crippen molar-refractivity contribution in [2.24, 2.45) is 0 Å². The zero-order valence-corrected chi connectivity index (χ0v) is 13.3. The number of halogens is 1. The largest absolute Gasteiger partial charge is 0.382 e. The molecule has 6 nitrogen and oxygen atoms in total. The Hall–Kier alpha value is -1.18. The molecule has 1 saturated carbocycles. The Kier molecular flexibility index (Phi) is 3.35. The van der Waals surface area contributed by atoms with Gasteiger partial charge in [0.2, 0.25) is 0 Å². The maximum absolute atomic E-state index is 5.95. The van der Waals surface area contributed by atoms with Crippen LogP contribution in [0.25, 0.3) is 5.52 Å². The molecule has 2 aromatic heterocycles. The third kappa shape index (κ3) is 2.23. The number of hydrogen-bond donors (Lipinski definition) is 1. The highest BCUT2D eigenvalue weighted by Crippen LogP contribution is 2.41. The van der Waals surface area contributed by atoms with Crippen LogP contribution < -0.4 is 5.73 Å². The molecule has 0 atom stereocenters. The van der Waals surface area contributed by atoms with Crippen LogP contribution in [0, 0.1) is 0 Å². The monoisotopic (exact) mass is 351 g/mol. The van der Waals surface area contributed by atoms with Gasteiger partial charge in [0.1, 0.15) is 15.9 Å². The highest BCUT2D eigenvalue weighted by Gasteiger charge is 2.37. The maximum atomic E-state index is 5.95. The number of fused-ring (bicyclic) bond motifs is 1.